The molecule has 0 unspecified atom stereocenters. The van der Waals surface area contributed by atoms with Gasteiger partial charge in [0.1, 0.15) is 0 Å². The number of rotatable bonds is 10. The number of hydrogen-bond donors (Lipinski definition) is 0. The van der Waals surface area contributed by atoms with Gasteiger partial charge in [0, 0.05) is 0 Å². The maximum atomic E-state index is 12.7. The summed E-state index contributed by atoms with van der Waals surface area (Å²) in [7, 11) is 0. The number of benzene rings is 3. The Hall–Kier alpha value is -2.35. The minimum atomic E-state index is -0.0818. The molecule has 0 aliphatic heterocycles. The van der Waals surface area contributed by atoms with E-state index in [0.29, 0.717) is 12.5 Å². The van der Waals surface area contributed by atoms with Gasteiger partial charge in [-0.1, -0.05) is 0 Å². The zero-order chi connectivity index (χ0) is 21.2. The van der Waals surface area contributed by atoms with Crippen LogP contribution in [0.2, 0.25) is 4.82 Å². The van der Waals surface area contributed by atoms with Crippen LogP contribution in [-0.2, 0) is 22.4 Å². The van der Waals surface area contributed by atoms with Crippen LogP contribution in [0.1, 0.15) is 25.0 Å². The van der Waals surface area contributed by atoms with Crippen molar-refractivity contribution in [2.75, 3.05) is 6.61 Å². The summed E-state index contributed by atoms with van der Waals surface area (Å²) in [6.45, 7) is 4.72. The predicted molar refractivity (Wildman–Crippen MR) is 125 cm³/mol. The number of esters is 1. The van der Waals surface area contributed by atoms with E-state index in [-0.39, 0.29) is 31.7 Å². The quantitative estimate of drug-likeness (QED) is 0.308. The number of hydrogen-bond acceptors (Lipinski definition) is 2. The monoisotopic (exact) mass is 466 g/mol. The van der Waals surface area contributed by atoms with Crippen LogP contribution in [0, 0.1) is 11.8 Å². The van der Waals surface area contributed by atoms with Crippen molar-refractivity contribution in [2.45, 2.75) is 31.5 Å². The number of carbonyl (C=O) groups excluding carboxylic acids is 1. The molecule has 30 heavy (non-hydrogen) atoms. The predicted octanol–water partition coefficient (Wildman–Crippen LogP) is 5.11. The second kappa shape index (κ2) is 11.7. The molecule has 3 aromatic carbocycles. The van der Waals surface area contributed by atoms with Crippen molar-refractivity contribution in [3.8, 4) is 0 Å². The van der Waals surface area contributed by atoms with E-state index in [0.717, 1.165) is 12.8 Å². The van der Waals surface area contributed by atoms with Crippen molar-refractivity contribution in [3.63, 3.8) is 0 Å². The Balaban J connectivity index is 1.61. The summed E-state index contributed by atoms with van der Waals surface area (Å²) in [5.41, 5.74) is 2.62. The van der Waals surface area contributed by atoms with Gasteiger partial charge >= 0.3 is 187 Å². The normalized spacial score (nSPS) is 13.9. The summed E-state index contributed by atoms with van der Waals surface area (Å²) in [5.74, 6) is 0.618. The van der Waals surface area contributed by atoms with Crippen LogP contribution in [-0.4, -0.2) is 27.5 Å². The average Bonchev–Trinajstić information content (AvgIpc) is 2.78. The van der Waals surface area contributed by atoms with Gasteiger partial charge in [-0.2, -0.15) is 0 Å². The van der Waals surface area contributed by atoms with Gasteiger partial charge in [0.25, 0.3) is 0 Å². The third-order valence-corrected chi connectivity index (χ3v) is 7.66. The fourth-order valence-corrected chi connectivity index (χ4v) is 5.41. The molecular weight excluding hydrogens is 435 g/mol. The van der Waals surface area contributed by atoms with Gasteiger partial charge in [-0.25, -0.2) is 0 Å². The third-order valence-electron chi connectivity index (χ3n) is 5.37. The van der Waals surface area contributed by atoms with Crippen LogP contribution in [0.3, 0.4) is 0 Å². The summed E-state index contributed by atoms with van der Waals surface area (Å²) in [6.07, 6.45) is 1.90. The van der Waals surface area contributed by atoms with Crippen molar-refractivity contribution in [1.82, 2.24) is 0 Å². The van der Waals surface area contributed by atoms with Gasteiger partial charge in [-0.05, 0) is 0 Å². The molecule has 0 N–H and O–H groups in total. The topological polar surface area (TPSA) is 26.3 Å². The van der Waals surface area contributed by atoms with E-state index >= 15 is 0 Å². The molecule has 0 amide bonds. The molecule has 0 heterocycles. The first-order chi connectivity index (χ1) is 14.6. The zero-order valence-corrected chi connectivity index (χ0v) is 19.5. The molecule has 0 fully saturated rings. The first kappa shape index (κ1) is 22.3. The van der Waals surface area contributed by atoms with Crippen molar-refractivity contribution < 1.29 is 9.53 Å². The Bertz CT molecular complexity index is 881. The molecule has 3 atom stereocenters. The molecule has 0 radical (unpaired) electrons. The zero-order valence-electron chi connectivity index (χ0n) is 17.7. The van der Waals surface area contributed by atoms with Crippen LogP contribution >= 0.6 is 0 Å². The third kappa shape index (κ3) is 7.16. The molecule has 0 saturated heterocycles. The summed E-state index contributed by atoms with van der Waals surface area (Å²) >= 11 is 0.0862. The second-order valence-electron chi connectivity index (χ2n) is 7.82. The van der Waals surface area contributed by atoms with Gasteiger partial charge < -0.3 is 0 Å². The molecular formula is C27H30O2Se. The van der Waals surface area contributed by atoms with Gasteiger partial charge in [0.15, 0.2) is 0 Å². The summed E-state index contributed by atoms with van der Waals surface area (Å²) in [4.78, 5) is 12.6. The van der Waals surface area contributed by atoms with E-state index in [1.165, 1.54) is 15.6 Å². The van der Waals surface area contributed by atoms with Gasteiger partial charge in [0.05, 0.1) is 0 Å². The van der Waals surface area contributed by atoms with E-state index in [1.54, 1.807) is 0 Å². The number of ether oxygens (including phenoxy) is 1. The Morgan fingerprint density at radius 2 is 1.27 bits per heavy atom. The number of carbonyl (C=O) groups is 1. The van der Waals surface area contributed by atoms with Gasteiger partial charge in [0.2, 0.25) is 0 Å². The Labute approximate surface area is 186 Å². The standard InChI is InChI=1S/C27H30O2Se/c1-21(18-23-12-6-3-7-13-23)25(19-24-14-8-4-9-15-24)20-29-27(28)22(2)30-26-16-10-5-11-17-26/h3-17,21-22,25H,18-20H2,1-2H3/t21-,22-,25+/m1/s1. The second-order valence-corrected chi connectivity index (χ2v) is 10.8. The molecule has 156 valence electrons. The van der Waals surface area contributed by atoms with Crippen LogP contribution in [0.25, 0.3) is 0 Å². The van der Waals surface area contributed by atoms with Gasteiger partial charge in [-0.3, -0.25) is 0 Å². The fraction of sp³-hybridized carbons (Fsp3) is 0.296. The first-order valence-electron chi connectivity index (χ1n) is 10.6. The van der Waals surface area contributed by atoms with Crippen LogP contribution in [0.5, 0.6) is 0 Å². The Morgan fingerprint density at radius 1 is 0.767 bits per heavy atom. The van der Waals surface area contributed by atoms with Crippen LogP contribution in [0.4, 0.5) is 0 Å². The Kier molecular flexibility index (Phi) is 8.74. The molecule has 0 aliphatic carbocycles. The van der Waals surface area contributed by atoms with Crippen LogP contribution < -0.4 is 4.46 Å². The Morgan fingerprint density at radius 3 is 1.83 bits per heavy atom. The van der Waals surface area contributed by atoms with Gasteiger partial charge in [-0.15, -0.1) is 0 Å². The fourth-order valence-electron chi connectivity index (χ4n) is 3.55. The van der Waals surface area contributed by atoms with Crippen molar-refractivity contribution in [3.05, 3.63) is 102 Å². The molecule has 3 heteroatoms. The SMILES string of the molecule is C[C@H](Cc1ccccc1)[C@H](COC(=O)[C@@H](C)[Se]c1ccccc1)Cc1ccccc1. The average molecular weight is 465 g/mol. The van der Waals surface area contributed by atoms with Crippen molar-refractivity contribution in [1.29, 1.82) is 0 Å². The molecule has 0 aromatic heterocycles. The molecule has 2 nitrogen and oxygen atoms in total. The summed E-state index contributed by atoms with van der Waals surface area (Å²) in [5, 5.41) is 0. The molecule has 0 aliphatic rings. The molecule has 0 saturated carbocycles. The summed E-state index contributed by atoms with van der Waals surface area (Å²) in [6, 6.07) is 31.3. The van der Waals surface area contributed by atoms with E-state index in [2.05, 4.69) is 67.6 Å². The molecule has 3 rings (SSSR count). The van der Waals surface area contributed by atoms with E-state index in [1.807, 2.05) is 37.3 Å². The van der Waals surface area contributed by atoms with Crippen LogP contribution in [0.15, 0.2) is 91.0 Å². The summed E-state index contributed by atoms with van der Waals surface area (Å²) < 4.78 is 7.08. The van der Waals surface area contributed by atoms with E-state index in [4.69, 9.17) is 4.74 Å². The first-order valence-corrected chi connectivity index (χ1v) is 12.4. The van der Waals surface area contributed by atoms with Crippen molar-refractivity contribution in [2.24, 2.45) is 11.8 Å². The maximum absolute atomic E-state index is 12.7. The van der Waals surface area contributed by atoms with Crippen molar-refractivity contribution >= 4 is 25.4 Å². The minimum absolute atomic E-state index is 0.0798. The molecule has 0 bridgehead atoms. The van der Waals surface area contributed by atoms with E-state index in [9.17, 15) is 4.79 Å². The van der Waals surface area contributed by atoms with E-state index < -0.39 is 0 Å². The molecule has 3 aromatic rings. The molecule has 0 spiro atoms.